The predicted molar refractivity (Wildman–Crippen MR) is 161 cm³/mol. The Hall–Kier alpha value is -0.546. The van der Waals surface area contributed by atoms with Crippen molar-refractivity contribution in [2.45, 2.75) is 79.3 Å². The van der Waals surface area contributed by atoms with Gasteiger partial charge in [0.1, 0.15) is 0 Å². The molecule has 0 atom stereocenters. The standard InChI is InChI=1S/C26H46O8S2Si2/c1-7-29-37(30-8-2,31-9-3)19-13-15-21-22(24(26(28)36)18-17-23(21)25(27)35)16-14-20-38(32-10-4,33-11-5)34-12-6/h17-18H,7-16,19-20H2,1-6H3,(H,27,35)(H,28,36). The molecule has 0 aliphatic carbocycles. The molecule has 8 nitrogen and oxygen atoms in total. The van der Waals surface area contributed by atoms with Crippen molar-refractivity contribution in [2.24, 2.45) is 0 Å². The van der Waals surface area contributed by atoms with Crippen LogP contribution in [0.3, 0.4) is 0 Å². The lowest BCUT2D eigenvalue weighted by Crippen LogP contribution is -2.46. The van der Waals surface area contributed by atoms with Crippen LogP contribution in [0.2, 0.25) is 12.1 Å². The van der Waals surface area contributed by atoms with Crippen molar-refractivity contribution in [1.82, 2.24) is 0 Å². The molecule has 12 heteroatoms. The first-order chi connectivity index (χ1) is 18.2. The molecule has 0 aliphatic heterocycles. The number of carbonyl (C=O) groups is 2. The number of benzene rings is 1. The van der Waals surface area contributed by atoms with Crippen molar-refractivity contribution in [1.29, 1.82) is 0 Å². The molecular weight excluding hydrogens is 561 g/mol. The highest BCUT2D eigenvalue weighted by Crippen LogP contribution is 2.29. The van der Waals surface area contributed by atoms with E-state index in [2.05, 4.69) is 25.3 Å². The summed E-state index contributed by atoms with van der Waals surface area (Å²) in [6, 6.07) is 4.51. The minimum absolute atomic E-state index is 0.344. The average Bonchev–Trinajstić information content (AvgIpc) is 2.85. The van der Waals surface area contributed by atoms with E-state index in [1.165, 1.54) is 0 Å². The van der Waals surface area contributed by atoms with Gasteiger partial charge in [-0.25, -0.2) is 0 Å². The maximum Gasteiger partial charge on any atom is 0.500 e. The van der Waals surface area contributed by atoms with Crippen LogP contribution < -0.4 is 0 Å². The highest BCUT2D eigenvalue weighted by Gasteiger charge is 2.41. The fourth-order valence-corrected chi connectivity index (χ4v) is 10.3. The second-order valence-corrected chi connectivity index (χ2v) is 14.7. The molecule has 0 aromatic heterocycles. The van der Waals surface area contributed by atoms with Gasteiger partial charge in [0.25, 0.3) is 0 Å². The fraction of sp³-hybridized carbons (Fsp3) is 0.692. The van der Waals surface area contributed by atoms with Crippen molar-refractivity contribution in [3.63, 3.8) is 0 Å². The molecule has 0 aliphatic rings. The topological polar surface area (TPSA) is 89.5 Å². The summed E-state index contributed by atoms with van der Waals surface area (Å²) >= 11 is 8.26. The van der Waals surface area contributed by atoms with Crippen molar-refractivity contribution in [2.75, 3.05) is 39.6 Å². The Balaban J connectivity index is 3.32. The van der Waals surface area contributed by atoms with E-state index in [9.17, 15) is 9.59 Å². The van der Waals surface area contributed by atoms with Gasteiger partial charge in [-0.05, 0) is 90.5 Å². The van der Waals surface area contributed by atoms with Crippen molar-refractivity contribution < 1.29 is 36.1 Å². The summed E-state index contributed by atoms with van der Waals surface area (Å²) in [7, 11) is -5.71. The Kier molecular flexibility index (Phi) is 17.5. The van der Waals surface area contributed by atoms with E-state index in [1.807, 2.05) is 41.5 Å². The SMILES string of the molecule is CCO[Si](CCCc1c(C(=O)S)ccc(C(=O)S)c1CCC[Si](OCC)(OCC)OCC)(OCC)OCC. The molecule has 0 N–H and O–H groups in total. The van der Waals surface area contributed by atoms with E-state index in [1.54, 1.807) is 12.1 Å². The van der Waals surface area contributed by atoms with Crippen molar-refractivity contribution >= 4 is 53.1 Å². The van der Waals surface area contributed by atoms with Crippen molar-refractivity contribution in [3.8, 4) is 0 Å². The Labute approximate surface area is 242 Å². The number of rotatable bonds is 22. The summed E-state index contributed by atoms with van der Waals surface area (Å²) in [6.45, 7) is 14.5. The fourth-order valence-electron chi connectivity index (χ4n) is 4.63. The van der Waals surface area contributed by atoms with Crippen LogP contribution >= 0.6 is 25.3 Å². The molecule has 1 aromatic carbocycles. The van der Waals surface area contributed by atoms with Gasteiger partial charge < -0.3 is 26.6 Å². The number of hydrogen-bond donors (Lipinski definition) is 2. The lowest BCUT2D eigenvalue weighted by molar-refractivity contribution is 0.0699. The summed E-state index contributed by atoms with van der Waals surface area (Å²) in [5.41, 5.74) is 2.57. The second-order valence-electron chi connectivity index (χ2n) is 8.40. The average molecular weight is 607 g/mol. The van der Waals surface area contributed by atoms with E-state index in [-0.39, 0.29) is 10.2 Å². The molecule has 0 unspecified atom stereocenters. The molecule has 1 aromatic rings. The molecule has 0 spiro atoms. The smallest absolute Gasteiger partial charge is 0.374 e. The summed E-state index contributed by atoms with van der Waals surface area (Å²) in [5, 5.41) is -0.687. The first-order valence-corrected chi connectivity index (χ1v) is 18.4. The molecule has 0 fully saturated rings. The molecule has 0 heterocycles. The summed E-state index contributed by atoms with van der Waals surface area (Å²) in [6.07, 6.45) is 2.40. The molecule has 218 valence electrons. The number of carbonyl (C=O) groups excluding carboxylic acids is 2. The van der Waals surface area contributed by atoms with Crippen LogP contribution in [-0.4, -0.2) is 67.5 Å². The van der Waals surface area contributed by atoms with Crippen LogP contribution in [0.5, 0.6) is 0 Å². The van der Waals surface area contributed by atoms with Gasteiger partial charge in [-0.2, -0.15) is 0 Å². The Morgan fingerprint density at radius 3 is 1.05 bits per heavy atom. The Morgan fingerprint density at radius 1 is 0.579 bits per heavy atom. The Bertz CT molecular complexity index is 769. The first-order valence-electron chi connectivity index (χ1n) is 13.6. The third kappa shape index (κ3) is 10.8. The number of thiol groups is 2. The van der Waals surface area contributed by atoms with E-state index in [0.29, 0.717) is 88.5 Å². The van der Waals surface area contributed by atoms with E-state index in [4.69, 9.17) is 26.6 Å². The quantitative estimate of drug-likeness (QED) is 0.127. The van der Waals surface area contributed by atoms with Gasteiger partial charge in [0, 0.05) is 62.9 Å². The molecule has 0 bridgehead atoms. The van der Waals surface area contributed by atoms with E-state index in [0.717, 1.165) is 11.1 Å². The first kappa shape index (κ1) is 35.5. The second kappa shape index (κ2) is 18.7. The third-order valence-corrected chi connectivity index (χ3v) is 12.7. The summed E-state index contributed by atoms with van der Waals surface area (Å²) in [4.78, 5) is 25.0. The zero-order chi connectivity index (χ0) is 28.6. The van der Waals surface area contributed by atoms with Crippen LogP contribution in [0.4, 0.5) is 0 Å². The lowest BCUT2D eigenvalue weighted by atomic mass is 9.91. The molecular formula is C26H46O8S2Si2. The highest BCUT2D eigenvalue weighted by atomic mass is 32.1. The highest BCUT2D eigenvalue weighted by molar-refractivity contribution is 7.97. The van der Waals surface area contributed by atoms with Gasteiger partial charge in [-0.15, -0.1) is 25.3 Å². The van der Waals surface area contributed by atoms with Gasteiger partial charge >= 0.3 is 17.6 Å². The number of hydrogen-bond acceptors (Lipinski definition) is 8. The summed E-state index contributed by atoms with van der Waals surface area (Å²) < 4.78 is 36.0. The normalized spacial score (nSPS) is 12.2. The van der Waals surface area contributed by atoms with Gasteiger partial charge in [0.2, 0.25) is 10.2 Å². The predicted octanol–water partition coefficient (Wildman–Crippen LogP) is 5.79. The van der Waals surface area contributed by atoms with Crippen molar-refractivity contribution in [3.05, 3.63) is 34.4 Å². The molecule has 38 heavy (non-hydrogen) atoms. The third-order valence-electron chi connectivity index (χ3n) is 5.90. The Morgan fingerprint density at radius 2 is 0.842 bits per heavy atom. The minimum atomic E-state index is -2.85. The zero-order valence-electron chi connectivity index (χ0n) is 23.8. The maximum absolute atomic E-state index is 12.5. The van der Waals surface area contributed by atoms with E-state index < -0.39 is 17.6 Å². The largest absolute Gasteiger partial charge is 0.500 e. The monoisotopic (exact) mass is 606 g/mol. The zero-order valence-corrected chi connectivity index (χ0v) is 27.6. The maximum atomic E-state index is 12.5. The minimum Gasteiger partial charge on any atom is -0.374 e. The molecule has 0 saturated carbocycles. The molecule has 0 saturated heterocycles. The van der Waals surface area contributed by atoms with Gasteiger partial charge in [0.15, 0.2) is 0 Å². The molecule has 0 amide bonds. The van der Waals surface area contributed by atoms with Gasteiger partial charge in [-0.3, -0.25) is 9.59 Å². The van der Waals surface area contributed by atoms with Gasteiger partial charge in [-0.1, -0.05) is 0 Å². The van der Waals surface area contributed by atoms with E-state index >= 15 is 0 Å². The van der Waals surface area contributed by atoms with Crippen LogP contribution in [0, 0.1) is 0 Å². The van der Waals surface area contributed by atoms with Crippen LogP contribution in [0.25, 0.3) is 0 Å². The van der Waals surface area contributed by atoms with Crippen LogP contribution in [0.15, 0.2) is 12.1 Å². The van der Waals surface area contributed by atoms with Crippen LogP contribution in [-0.2, 0) is 39.4 Å². The molecule has 1 rings (SSSR count). The lowest BCUT2D eigenvalue weighted by Gasteiger charge is -2.29. The molecule has 0 radical (unpaired) electrons. The van der Waals surface area contributed by atoms with Gasteiger partial charge in [0.05, 0.1) is 0 Å². The summed E-state index contributed by atoms with van der Waals surface area (Å²) in [5.74, 6) is 0. The van der Waals surface area contributed by atoms with Crippen LogP contribution in [0.1, 0.15) is 86.2 Å².